The maximum absolute atomic E-state index is 12.3. The Morgan fingerprint density at radius 1 is 1.47 bits per heavy atom. The minimum absolute atomic E-state index is 0.209. The Kier molecular flexibility index (Phi) is 3.69. The molecule has 0 amide bonds. The fraction of sp³-hybridized carbons (Fsp3) is 0.286. The monoisotopic (exact) mass is 333 g/mol. The quantitative estimate of drug-likeness (QED) is 0.833. The van der Waals surface area contributed by atoms with Gasteiger partial charge in [0.1, 0.15) is 10.7 Å². The van der Waals surface area contributed by atoms with E-state index in [9.17, 15) is 21.6 Å². The number of rotatable bonds is 2. The second-order valence-corrected chi connectivity index (χ2v) is 5.83. The summed E-state index contributed by atoms with van der Waals surface area (Å²) in [5.41, 5.74) is 5.25. The first-order valence-electron chi connectivity index (χ1n) is 4.03. The van der Waals surface area contributed by atoms with Gasteiger partial charge in [-0.1, -0.05) is 0 Å². The highest BCUT2D eigenvalue weighted by molar-refractivity contribution is 9.10. The molecule has 1 aromatic heterocycles. The average Bonchev–Trinajstić information content (AvgIpc) is 2.19. The molecule has 0 saturated heterocycles. The van der Waals surface area contributed by atoms with E-state index in [1.54, 1.807) is 0 Å². The number of sulfonamides is 1. The van der Waals surface area contributed by atoms with Crippen LogP contribution in [-0.2, 0) is 10.0 Å². The number of halogens is 4. The van der Waals surface area contributed by atoms with Crippen LogP contribution >= 0.6 is 15.9 Å². The molecule has 0 saturated carbocycles. The van der Waals surface area contributed by atoms with Gasteiger partial charge < -0.3 is 5.73 Å². The number of anilines is 1. The standard InChI is InChI=1S/C7H7BrF3N3O2S/c1-14(7(9,10)11)17(15,16)5-2-4(8)3-13-6(5)12/h2-3H,1H3,(H2,12,13). The summed E-state index contributed by atoms with van der Waals surface area (Å²) in [5.74, 6) is -0.496. The molecule has 0 bridgehead atoms. The van der Waals surface area contributed by atoms with Gasteiger partial charge in [-0.3, -0.25) is 0 Å². The molecular formula is C7H7BrF3N3O2S. The van der Waals surface area contributed by atoms with Gasteiger partial charge in [0.15, 0.2) is 0 Å². The van der Waals surface area contributed by atoms with Gasteiger partial charge in [-0.2, -0.15) is 13.2 Å². The van der Waals surface area contributed by atoms with Gasteiger partial charge in [0, 0.05) is 17.7 Å². The summed E-state index contributed by atoms with van der Waals surface area (Å²) in [6.07, 6.45) is -3.84. The third kappa shape index (κ3) is 2.87. The lowest BCUT2D eigenvalue weighted by atomic mass is 10.5. The fourth-order valence-corrected chi connectivity index (χ4v) is 2.56. The van der Waals surface area contributed by atoms with Crippen molar-refractivity contribution < 1.29 is 21.6 Å². The third-order valence-electron chi connectivity index (χ3n) is 1.84. The highest BCUT2D eigenvalue weighted by Gasteiger charge is 2.44. The van der Waals surface area contributed by atoms with E-state index in [4.69, 9.17) is 5.73 Å². The Labute approximate surface area is 104 Å². The number of nitrogens with zero attached hydrogens (tertiary/aromatic N) is 2. The highest BCUT2D eigenvalue weighted by Crippen LogP contribution is 2.30. The molecular weight excluding hydrogens is 327 g/mol. The van der Waals surface area contributed by atoms with Crippen LogP contribution in [0.1, 0.15) is 0 Å². The molecule has 10 heteroatoms. The minimum atomic E-state index is -5.02. The summed E-state index contributed by atoms with van der Waals surface area (Å²) in [5, 5.41) is 0. The van der Waals surface area contributed by atoms with E-state index < -0.39 is 31.3 Å². The molecule has 0 aliphatic rings. The summed E-state index contributed by atoms with van der Waals surface area (Å²) < 4.78 is 59.7. The van der Waals surface area contributed by atoms with E-state index in [2.05, 4.69) is 20.9 Å². The van der Waals surface area contributed by atoms with Crippen molar-refractivity contribution in [3.8, 4) is 0 Å². The molecule has 0 radical (unpaired) electrons. The van der Waals surface area contributed by atoms with Gasteiger partial charge in [0.05, 0.1) is 0 Å². The maximum atomic E-state index is 12.3. The van der Waals surface area contributed by atoms with E-state index >= 15 is 0 Å². The first-order valence-corrected chi connectivity index (χ1v) is 6.27. The van der Waals surface area contributed by atoms with E-state index in [1.165, 1.54) is 6.20 Å². The zero-order valence-corrected chi connectivity index (χ0v) is 10.8. The van der Waals surface area contributed by atoms with E-state index in [0.29, 0.717) is 7.05 Å². The van der Waals surface area contributed by atoms with Crippen molar-refractivity contribution in [1.82, 2.24) is 9.29 Å². The zero-order valence-electron chi connectivity index (χ0n) is 8.36. The van der Waals surface area contributed by atoms with Gasteiger partial charge in [0.2, 0.25) is 0 Å². The van der Waals surface area contributed by atoms with E-state index in [1.807, 2.05) is 0 Å². The molecule has 0 unspecified atom stereocenters. The lowest BCUT2D eigenvalue weighted by Gasteiger charge is -2.20. The fourth-order valence-electron chi connectivity index (χ4n) is 0.922. The second-order valence-electron chi connectivity index (χ2n) is 2.98. The van der Waals surface area contributed by atoms with Gasteiger partial charge in [0.25, 0.3) is 10.0 Å². The van der Waals surface area contributed by atoms with Gasteiger partial charge >= 0.3 is 6.30 Å². The van der Waals surface area contributed by atoms with Crippen LogP contribution in [0.25, 0.3) is 0 Å². The SMILES string of the molecule is CN(C(F)(F)F)S(=O)(=O)c1cc(Br)cnc1N. The lowest BCUT2D eigenvalue weighted by molar-refractivity contribution is -0.202. The predicted octanol–water partition coefficient (Wildman–Crippen LogP) is 1.57. The van der Waals surface area contributed by atoms with Crippen molar-refractivity contribution in [1.29, 1.82) is 0 Å². The number of nitrogen functional groups attached to an aromatic ring is 1. The summed E-state index contributed by atoms with van der Waals surface area (Å²) in [4.78, 5) is 2.76. The summed E-state index contributed by atoms with van der Waals surface area (Å²) in [7, 11) is -4.36. The maximum Gasteiger partial charge on any atom is 0.473 e. The van der Waals surface area contributed by atoms with Crippen LogP contribution < -0.4 is 5.73 Å². The molecule has 96 valence electrons. The summed E-state index contributed by atoms with van der Waals surface area (Å²) >= 11 is 2.91. The topological polar surface area (TPSA) is 76.3 Å². The van der Waals surface area contributed by atoms with Crippen LogP contribution in [0.4, 0.5) is 19.0 Å². The Balaban J connectivity index is 3.37. The Morgan fingerprint density at radius 2 is 2.00 bits per heavy atom. The Hall–Kier alpha value is -0.870. The Morgan fingerprint density at radius 3 is 2.47 bits per heavy atom. The minimum Gasteiger partial charge on any atom is -0.383 e. The van der Waals surface area contributed by atoms with Gasteiger partial charge in [-0.05, 0) is 22.0 Å². The average molecular weight is 334 g/mol. The molecule has 5 nitrogen and oxygen atoms in total. The molecule has 1 aromatic rings. The largest absolute Gasteiger partial charge is 0.473 e. The lowest BCUT2D eigenvalue weighted by Crippen LogP contribution is -2.39. The molecule has 1 heterocycles. The number of pyridine rings is 1. The van der Waals surface area contributed by atoms with Crippen molar-refractivity contribution >= 4 is 31.8 Å². The highest BCUT2D eigenvalue weighted by atomic mass is 79.9. The number of hydrogen-bond donors (Lipinski definition) is 1. The predicted molar refractivity (Wildman–Crippen MR) is 57.4 cm³/mol. The zero-order chi connectivity index (χ0) is 13.4. The van der Waals surface area contributed by atoms with Crippen molar-refractivity contribution in [3.63, 3.8) is 0 Å². The number of hydrogen-bond acceptors (Lipinski definition) is 4. The summed E-state index contributed by atoms with van der Waals surface area (Å²) in [6, 6.07) is 0.958. The van der Waals surface area contributed by atoms with Gasteiger partial charge in [-0.25, -0.2) is 13.4 Å². The van der Waals surface area contributed by atoms with Crippen LogP contribution in [0.3, 0.4) is 0 Å². The number of aromatic nitrogens is 1. The number of alkyl halides is 3. The van der Waals surface area contributed by atoms with Crippen LogP contribution in [0.15, 0.2) is 21.6 Å². The van der Waals surface area contributed by atoms with Crippen molar-refractivity contribution in [3.05, 3.63) is 16.7 Å². The van der Waals surface area contributed by atoms with Crippen molar-refractivity contribution in [2.75, 3.05) is 12.8 Å². The van der Waals surface area contributed by atoms with Crippen LogP contribution in [0, 0.1) is 0 Å². The van der Waals surface area contributed by atoms with Crippen LogP contribution in [0.2, 0.25) is 0 Å². The number of nitrogens with two attached hydrogens (primary N) is 1. The molecule has 0 fully saturated rings. The van der Waals surface area contributed by atoms with E-state index in [-0.39, 0.29) is 4.47 Å². The van der Waals surface area contributed by atoms with Gasteiger partial charge in [-0.15, -0.1) is 4.31 Å². The molecule has 0 aromatic carbocycles. The van der Waals surface area contributed by atoms with Crippen LogP contribution in [0.5, 0.6) is 0 Å². The van der Waals surface area contributed by atoms with E-state index in [0.717, 1.165) is 6.07 Å². The molecule has 1 rings (SSSR count). The molecule has 0 spiro atoms. The normalized spacial score (nSPS) is 13.1. The first-order chi connectivity index (χ1) is 7.56. The molecule has 0 aliphatic heterocycles. The molecule has 17 heavy (non-hydrogen) atoms. The van der Waals surface area contributed by atoms with Crippen molar-refractivity contribution in [2.24, 2.45) is 0 Å². The first kappa shape index (κ1) is 14.2. The Bertz CT molecular complexity index is 532. The smallest absolute Gasteiger partial charge is 0.383 e. The molecule has 0 aliphatic carbocycles. The third-order valence-corrected chi connectivity index (χ3v) is 4.09. The second kappa shape index (κ2) is 4.42. The van der Waals surface area contributed by atoms with Crippen LogP contribution in [-0.4, -0.2) is 31.1 Å². The van der Waals surface area contributed by atoms with Crippen molar-refractivity contribution in [2.45, 2.75) is 11.2 Å². The molecule has 2 N–H and O–H groups in total. The molecule has 0 atom stereocenters. The summed E-state index contributed by atoms with van der Waals surface area (Å²) in [6.45, 7) is 0.